The highest BCUT2D eigenvalue weighted by atomic mass is 16.3. The number of aliphatic hydroxyl groups is 1. The van der Waals surface area contributed by atoms with Crippen LogP contribution in [-0.4, -0.2) is 45.2 Å². The lowest BCUT2D eigenvalue weighted by atomic mass is 10.2. The maximum Gasteiger partial charge on any atom is 0.322 e. The van der Waals surface area contributed by atoms with E-state index in [1.807, 2.05) is 37.3 Å². The van der Waals surface area contributed by atoms with E-state index in [4.69, 9.17) is 0 Å². The van der Waals surface area contributed by atoms with Crippen LogP contribution in [0, 0.1) is 6.92 Å². The molecule has 0 spiro atoms. The smallest absolute Gasteiger partial charge is 0.322 e. The van der Waals surface area contributed by atoms with Crippen molar-refractivity contribution in [1.82, 2.24) is 14.9 Å². The quantitative estimate of drug-likeness (QED) is 0.912. The van der Waals surface area contributed by atoms with Gasteiger partial charge in [0.1, 0.15) is 0 Å². The molecule has 23 heavy (non-hydrogen) atoms. The average Bonchev–Trinajstić information content (AvgIpc) is 3.04. The van der Waals surface area contributed by atoms with Crippen LogP contribution in [0.25, 0.3) is 11.4 Å². The number of rotatable bonds is 3. The van der Waals surface area contributed by atoms with Crippen LogP contribution in [0.1, 0.15) is 18.5 Å². The Hall–Kier alpha value is -2.47. The zero-order valence-corrected chi connectivity index (χ0v) is 13.1. The summed E-state index contributed by atoms with van der Waals surface area (Å²) < 4.78 is 0. The highest BCUT2D eigenvalue weighted by Gasteiger charge is 2.27. The van der Waals surface area contributed by atoms with Crippen LogP contribution in [0.3, 0.4) is 0 Å². The molecule has 0 aliphatic carbocycles. The first-order chi connectivity index (χ1) is 11.2. The lowest BCUT2D eigenvalue weighted by Gasteiger charge is -2.23. The number of nitrogens with zero attached hydrogens (tertiary/aromatic N) is 3. The van der Waals surface area contributed by atoms with Crippen LogP contribution < -0.4 is 5.32 Å². The van der Waals surface area contributed by atoms with Gasteiger partial charge in [0.15, 0.2) is 5.82 Å². The molecule has 1 unspecified atom stereocenters. The number of aromatic nitrogens is 2. The van der Waals surface area contributed by atoms with E-state index in [0.717, 1.165) is 29.8 Å². The number of anilines is 1. The molecular weight excluding hydrogens is 292 g/mol. The summed E-state index contributed by atoms with van der Waals surface area (Å²) in [4.78, 5) is 22.6. The number of aryl methyl sites for hydroxylation is 1. The van der Waals surface area contributed by atoms with Crippen LogP contribution in [0.4, 0.5) is 10.5 Å². The van der Waals surface area contributed by atoms with Crippen molar-refractivity contribution in [3.63, 3.8) is 0 Å². The van der Waals surface area contributed by atoms with Crippen molar-refractivity contribution in [2.24, 2.45) is 0 Å². The summed E-state index contributed by atoms with van der Waals surface area (Å²) in [6.07, 6.45) is 3.52. The van der Waals surface area contributed by atoms with E-state index < -0.39 is 0 Å². The lowest BCUT2D eigenvalue weighted by Crippen LogP contribution is -2.40. The predicted molar refractivity (Wildman–Crippen MR) is 88.0 cm³/mol. The molecule has 1 saturated heterocycles. The number of urea groups is 1. The lowest BCUT2D eigenvalue weighted by molar-refractivity contribution is 0.166. The SMILES string of the molecule is Cc1ccnc(-c2ccc(NC(=O)N3CCCC3CO)cc2)n1. The number of nitrogens with one attached hydrogen (secondary N) is 1. The Bertz CT molecular complexity index is 687. The van der Waals surface area contributed by atoms with Crippen LogP contribution in [0.15, 0.2) is 36.5 Å². The van der Waals surface area contributed by atoms with Gasteiger partial charge in [0.2, 0.25) is 0 Å². The second-order valence-electron chi connectivity index (χ2n) is 5.70. The van der Waals surface area contributed by atoms with Crippen molar-refractivity contribution in [3.8, 4) is 11.4 Å². The van der Waals surface area contributed by atoms with Crippen molar-refractivity contribution in [1.29, 1.82) is 0 Å². The fourth-order valence-corrected chi connectivity index (χ4v) is 2.78. The first kappa shape index (κ1) is 15.4. The Morgan fingerprint density at radius 1 is 1.35 bits per heavy atom. The summed E-state index contributed by atoms with van der Waals surface area (Å²) in [7, 11) is 0. The molecule has 1 aromatic carbocycles. The molecule has 1 atom stereocenters. The summed E-state index contributed by atoms with van der Waals surface area (Å²) in [5, 5.41) is 12.2. The zero-order valence-electron chi connectivity index (χ0n) is 13.1. The maximum absolute atomic E-state index is 12.3. The Morgan fingerprint density at radius 3 is 2.83 bits per heavy atom. The second kappa shape index (κ2) is 6.75. The van der Waals surface area contributed by atoms with E-state index in [0.29, 0.717) is 12.4 Å². The van der Waals surface area contributed by atoms with Gasteiger partial charge in [0.25, 0.3) is 0 Å². The molecule has 6 nitrogen and oxygen atoms in total. The third-order valence-electron chi connectivity index (χ3n) is 4.04. The van der Waals surface area contributed by atoms with Crippen LogP contribution in [-0.2, 0) is 0 Å². The summed E-state index contributed by atoms with van der Waals surface area (Å²) in [6, 6.07) is 9.06. The first-order valence-electron chi connectivity index (χ1n) is 7.76. The Morgan fingerprint density at radius 2 is 2.13 bits per heavy atom. The molecule has 6 heteroatoms. The Balaban J connectivity index is 1.69. The monoisotopic (exact) mass is 312 g/mol. The summed E-state index contributed by atoms with van der Waals surface area (Å²) in [5.41, 5.74) is 2.53. The van der Waals surface area contributed by atoms with E-state index in [1.54, 1.807) is 11.1 Å². The minimum Gasteiger partial charge on any atom is -0.394 e. The average molecular weight is 312 g/mol. The van der Waals surface area contributed by atoms with Gasteiger partial charge < -0.3 is 15.3 Å². The number of hydrogen-bond donors (Lipinski definition) is 2. The van der Waals surface area contributed by atoms with Gasteiger partial charge in [-0.05, 0) is 50.1 Å². The largest absolute Gasteiger partial charge is 0.394 e. The van der Waals surface area contributed by atoms with Gasteiger partial charge in [0.05, 0.1) is 12.6 Å². The first-order valence-corrected chi connectivity index (χ1v) is 7.76. The van der Waals surface area contributed by atoms with E-state index >= 15 is 0 Å². The van der Waals surface area contributed by atoms with E-state index in [-0.39, 0.29) is 18.7 Å². The minimum atomic E-state index is -0.166. The topological polar surface area (TPSA) is 78.4 Å². The predicted octanol–water partition coefficient (Wildman–Crippen LogP) is 2.44. The highest BCUT2D eigenvalue weighted by Crippen LogP contribution is 2.21. The second-order valence-corrected chi connectivity index (χ2v) is 5.70. The molecule has 2 aromatic rings. The molecule has 3 rings (SSSR count). The van der Waals surface area contributed by atoms with Gasteiger partial charge >= 0.3 is 6.03 Å². The standard InChI is InChI=1S/C17H20N4O2/c1-12-8-9-18-16(19-12)13-4-6-14(7-5-13)20-17(23)21-10-2-3-15(21)11-22/h4-9,15,22H,2-3,10-11H2,1H3,(H,20,23). The van der Waals surface area contributed by atoms with Crippen molar-refractivity contribution in [2.75, 3.05) is 18.5 Å². The molecule has 1 fully saturated rings. The Kier molecular flexibility index (Phi) is 4.52. The van der Waals surface area contributed by atoms with E-state index in [9.17, 15) is 9.90 Å². The van der Waals surface area contributed by atoms with Gasteiger partial charge in [-0.1, -0.05) is 0 Å². The van der Waals surface area contributed by atoms with Gasteiger partial charge in [0, 0.05) is 29.7 Å². The Labute approximate surface area is 135 Å². The summed E-state index contributed by atoms with van der Waals surface area (Å²) >= 11 is 0. The number of benzene rings is 1. The molecule has 2 heterocycles. The van der Waals surface area contributed by atoms with Crippen LogP contribution in [0.2, 0.25) is 0 Å². The van der Waals surface area contributed by atoms with E-state index in [1.165, 1.54) is 0 Å². The number of likely N-dealkylation sites (tertiary alicyclic amines) is 1. The maximum atomic E-state index is 12.3. The number of amides is 2. The molecule has 2 amide bonds. The zero-order chi connectivity index (χ0) is 16.2. The van der Waals surface area contributed by atoms with Crippen LogP contribution >= 0.6 is 0 Å². The van der Waals surface area contributed by atoms with Gasteiger partial charge in [-0.25, -0.2) is 14.8 Å². The number of hydrogen-bond acceptors (Lipinski definition) is 4. The van der Waals surface area contributed by atoms with Gasteiger partial charge in [-0.2, -0.15) is 0 Å². The van der Waals surface area contributed by atoms with Crippen molar-refractivity contribution in [3.05, 3.63) is 42.2 Å². The third kappa shape index (κ3) is 3.48. The molecule has 0 radical (unpaired) electrons. The molecule has 1 aliphatic rings. The summed E-state index contributed by atoms with van der Waals surface area (Å²) in [5.74, 6) is 0.669. The molecule has 2 N–H and O–H groups in total. The third-order valence-corrected chi connectivity index (χ3v) is 4.04. The molecule has 1 aliphatic heterocycles. The van der Waals surface area contributed by atoms with Gasteiger partial charge in [-0.15, -0.1) is 0 Å². The van der Waals surface area contributed by atoms with Gasteiger partial charge in [-0.3, -0.25) is 0 Å². The molecule has 1 aromatic heterocycles. The van der Waals surface area contributed by atoms with Crippen molar-refractivity contribution >= 4 is 11.7 Å². The van der Waals surface area contributed by atoms with Crippen molar-refractivity contribution in [2.45, 2.75) is 25.8 Å². The fourth-order valence-electron chi connectivity index (χ4n) is 2.78. The number of carbonyl (C=O) groups is 1. The normalized spacial score (nSPS) is 17.3. The molecule has 120 valence electrons. The van der Waals surface area contributed by atoms with Crippen LogP contribution in [0.5, 0.6) is 0 Å². The molecule has 0 saturated carbocycles. The number of carbonyl (C=O) groups excluding carboxylic acids is 1. The highest BCUT2D eigenvalue weighted by molar-refractivity contribution is 5.90. The fraction of sp³-hybridized carbons (Fsp3) is 0.353. The minimum absolute atomic E-state index is 0.0110. The number of aliphatic hydroxyl groups excluding tert-OH is 1. The van der Waals surface area contributed by atoms with Crippen molar-refractivity contribution < 1.29 is 9.90 Å². The summed E-state index contributed by atoms with van der Waals surface area (Å²) in [6.45, 7) is 2.62. The molecule has 0 bridgehead atoms. The molecular formula is C17H20N4O2. The van der Waals surface area contributed by atoms with E-state index in [2.05, 4.69) is 15.3 Å².